The highest BCUT2D eigenvalue weighted by molar-refractivity contribution is 6.00. The average molecular weight is 361 g/mol. The van der Waals surface area contributed by atoms with Crippen molar-refractivity contribution >= 4 is 11.8 Å². The topological polar surface area (TPSA) is 57.9 Å². The summed E-state index contributed by atoms with van der Waals surface area (Å²) in [6.45, 7) is 1.17. The number of imidazole rings is 1. The van der Waals surface area contributed by atoms with Crippen LogP contribution in [-0.4, -0.2) is 28.7 Å². The second-order valence-electron chi connectivity index (χ2n) is 5.95. The number of nitrogens with zero attached hydrogens (tertiary/aromatic N) is 3. The Kier molecular flexibility index (Phi) is 5.15. The van der Waals surface area contributed by atoms with Gasteiger partial charge in [0.25, 0.3) is 0 Å². The molecule has 0 unspecified atom stereocenters. The van der Waals surface area contributed by atoms with E-state index in [1.165, 1.54) is 0 Å². The first-order valence-electron chi connectivity index (χ1n) is 8.65. The number of hydrogen-bond donors (Lipinski definition) is 0. The van der Waals surface area contributed by atoms with Gasteiger partial charge >= 0.3 is 0 Å². The molecule has 0 saturated carbocycles. The third kappa shape index (κ3) is 4.36. The van der Waals surface area contributed by atoms with Gasteiger partial charge in [0.05, 0.1) is 12.9 Å². The Morgan fingerprint density at radius 3 is 2.89 bits per heavy atom. The lowest BCUT2D eigenvalue weighted by molar-refractivity contribution is 0.173. The quantitative estimate of drug-likeness (QED) is 0.365. The zero-order chi connectivity index (χ0) is 18.3. The van der Waals surface area contributed by atoms with Gasteiger partial charge in [0.15, 0.2) is 11.5 Å². The highest BCUT2D eigenvalue weighted by atomic mass is 16.7. The summed E-state index contributed by atoms with van der Waals surface area (Å²) in [4.78, 5) is 9.62. The van der Waals surface area contributed by atoms with Crippen LogP contribution in [0.1, 0.15) is 11.1 Å². The number of aromatic nitrogens is 2. The minimum Gasteiger partial charge on any atom is -0.454 e. The Labute approximate surface area is 157 Å². The normalized spacial score (nSPS) is 13.3. The van der Waals surface area contributed by atoms with E-state index in [1.54, 1.807) is 12.5 Å². The summed E-state index contributed by atoms with van der Waals surface area (Å²) in [6, 6.07) is 15.8. The van der Waals surface area contributed by atoms with Crippen LogP contribution in [0.2, 0.25) is 0 Å². The lowest BCUT2D eigenvalue weighted by Gasteiger charge is -2.08. The zero-order valence-corrected chi connectivity index (χ0v) is 14.7. The van der Waals surface area contributed by atoms with Gasteiger partial charge in [-0.15, -0.1) is 0 Å². The van der Waals surface area contributed by atoms with Crippen LogP contribution in [-0.2, 0) is 11.4 Å². The van der Waals surface area contributed by atoms with Gasteiger partial charge < -0.3 is 18.9 Å². The first kappa shape index (κ1) is 16.9. The van der Waals surface area contributed by atoms with E-state index >= 15 is 0 Å². The minimum atomic E-state index is 0.244. The third-order valence-electron chi connectivity index (χ3n) is 4.05. The minimum absolute atomic E-state index is 0.244. The monoisotopic (exact) mass is 361 g/mol. The molecule has 0 atom stereocenters. The van der Waals surface area contributed by atoms with Gasteiger partial charge in [-0.25, -0.2) is 4.98 Å². The molecule has 4 rings (SSSR count). The fourth-order valence-corrected chi connectivity index (χ4v) is 2.71. The van der Waals surface area contributed by atoms with E-state index in [9.17, 15) is 0 Å². The molecule has 0 aliphatic carbocycles. The van der Waals surface area contributed by atoms with Gasteiger partial charge in [0.1, 0.15) is 12.3 Å². The van der Waals surface area contributed by atoms with Crippen LogP contribution in [0.15, 0.2) is 78.5 Å². The number of hydrogen-bond acceptors (Lipinski definition) is 5. The van der Waals surface area contributed by atoms with Crippen LogP contribution in [0.25, 0.3) is 6.08 Å². The Morgan fingerprint density at radius 2 is 2.04 bits per heavy atom. The molecular formula is C21H19N3O3. The molecule has 2 heterocycles. The second kappa shape index (κ2) is 8.23. The van der Waals surface area contributed by atoms with E-state index in [0.29, 0.717) is 13.2 Å². The van der Waals surface area contributed by atoms with Crippen molar-refractivity contribution < 1.29 is 14.3 Å². The van der Waals surface area contributed by atoms with Gasteiger partial charge in [-0.3, -0.25) is 0 Å². The smallest absolute Gasteiger partial charge is 0.231 e. The van der Waals surface area contributed by atoms with E-state index < -0.39 is 0 Å². The van der Waals surface area contributed by atoms with Gasteiger partial charge in [-0.1, -0.05) is 41.6 Å². The van der Waals surface area contributed by atoms with Crippen LogP contribution in [0, 0.1) is 0 Å². The number of fused-ring (bicyclic) bond motifs is 1. The molecule has 1 aliphatic rings. The van der Waals surface area contributed by atoms with Crippen molar-refractivity contribution in [3.05, 3.63) is 84.5 Å². The third-order valence-corrected chi connectivity index (χ3v) is 4.05. The number of benzene rings is 2. The summed E-state index contributed by atoms with van der Waals surface area (Å²) in [5.74, 6) is 1.46. The molecule has 0 amide bonds. The maximum absolute atomic E-state index is 5.54. The molecule has 0 saturated heterocycles. The Hall–Kier alpha value is -3.54. The zero-order valence-electron chi connectivity index (χ0n) is 14.7. The van der Waals surface area contributed by atoms with Crippen molar-refractivity contribution in [2.24, 2.45) is 5.16 Å². The predicted molar refractivity (Wildman–Crippen MR) is 103 cm³/mol. The summed E-state index contributed by atoms with van der Waals surface area (Å²) in [5, 5.41) is 4.35. The van der Waals surface area contributed by atoms with E-state index in [0.717, 1.165) is 28.3 Å². The molecule has 0 fully saturated rings. The number of ether oxygens (including phenoxy) is 2. The molecule has 0 N–H and O–H groups in total. The maximum Gasteiger partial charge on any atom is 0.231 e. The van der Waals surface area contributed by atoms with E-state index in [4.69, 9.17) is 14.3 Å². The Balaban J connectivity index is 1.47. The molecular weight excluding hydrogens is 342 g/mol. The van der Waals surface area contributed by atoms with E-state index in [2.05, 4.69) is 10.1 Å². The van der Waals surface area contributed by atoms with Gasteiger partial charge in [-0.2, -0.15) is 0 Å². The van der Waals surface area contributed by atoms with E-state index in [-0.39, 0.29) is 6.79 Å². The predicted octanol–water partition coefficient (Wildman–Crippen LogP) is 3.75. The van der Waals surface area contributed by atoms with Gasteiger partial charge in [0.2, 0.25) is 6.79 Å². The maximum atomic E-state index is 5.54. The number of rotatable bonds is 7. The van der Waals surface area contributed by atoms with Crippen LogP contribution >= 0.6 is 0 Å². The molecule has 2 aromatic carbocycles. The van der Waals surface area contributed by atoms with E-state index in [1.807, 2.05) is 71.4 Å². The Bertz CT molecular complexity index is 935. The first-order chi connectivity index (χ1) is 13.4. The standard InChI is InChI=1S/C21H19N3O3/c1-2-5-17(6-3-1)7-4-12-27-23-19(14-24-11-10-22-15-24)18-8-9-20-21(13-18)26-16-25-20/h1-11,13,15H,12,14,16H2/b7-4+,23-19+. The SMILES string of the molecule is C(=C\c1ccccc1)/CO/N=C(\Cn1ccnc1)c1ccc2c(c1)OCO2. The van der Waals surface area contributed by atoms with Crippen molar-refractivity contribution in [2.75, 3.05) is 13.4 Å². The highest BCUT2D eigenvalue weighted by Gasteiger charge is 2.16. The fourth-order valence-electron chi connectivity index (χ4n) is 2.71. The summed E-state index contributed by atoms with van der Waals surface area (Å²) < 4.78 is 12.8. The van der Waals surface area contributed by atoms with Crippen molar-refractivity contribution in [1.82, 2.24) is 9.55 Å². The fraction of sp³-hybridized carbons (Fsp3) is 0.143. The lowest BCUT2D eigenvalue weighted by Crippen LogP contribution is -2.11. The largest absolute Gasteiger partial charge is 0.454 e. The molecule has 1 aromatic heterocycles. The van der Waals surface area contributed by atoms with Crippen LogP contribution in [0.3, 0.4) is 0 Å². The van der Waals surface area contributed by atoms with Crippen molar-refractivity contribution in [3.8, 4) is 11.5 Å². The second-order valence-corrected chi connectivity index (χ2v) is 5.95. The summed E-state index contributed by atoms with van der Waals surface area (Å²) >= 11 is 0. The Morgan fingerprint density at radius 1 is 1.15 bits per heavy atom. The van der Waals surface area contributed by atoms with Crippen molar-refractivity contribution in [3.63, 3.8) is 0 Å². The molecule has 27 heavy (non-hydrogen) atoms. The average Bonchev–Trinajstić information content (AvgIpc) is 3.38. The van der Waals surface area contributed by atoms with Crippen LogP contribution < -0.4 is 9.47 Å². The van der Waals surface area contributed by atoms with Crippen molar-refractivity contribution in [2.45, 2.75) is 6.54 Å². The van der Waals surface area contributed by atoms with Gasteiger partial charge in [-0.05, 0) is 29.8 Å². The summed E-state index contributed by atoms with van der Waals surface area (Å²) in [7, 11) is 0. The molecule has 0 radical (unpaired) electrons. The summed E-state index contributed by atoms with van der Waals surface area (Å²) in [6.07, 6.45) is 9.31. The molecule has 3 aromatic rings. The first-order valence-corrected chi connectivity index (χ1v) is 8.65. The molecule has 136 valence electrons. The molecule has 1 aliphatic heterocycles. The molecule has 0 bridgehead atoms. The van der Waals surface area contributed by atoms with Crippen molar-refractivity contribution in [1.29, 1.82) is 0 Å². The lowest BCUT2D eigenvalue weighted by atomic mass is 10.1. The molecule has 6 heteroatoms. The van der Waals surface area contributed by atoms with Crippen LogP contribution in [0.4, 0.5) is 0 Å². The number of oxime groups is 1. The molecule has 6 nitrogen and oxygen atoms in total. The summed E-state index contributed by atoms with van der Waals surface area (Å²) in [5.41, 5.74) is 2.82. The van der Waals surface area contributed by atoms with Gasteiger partial charge in [0, 0.05) is 18.0 Å². The van der Waals surface area contributed by atoms with Crippen LogP contribution in [0.5, 0.6) is 11.5 Å². The highest BCUT2D eigenvalue weighted by Crippen LogP contribution is 2.32. The molecule has 0 spiro atoms.